The number of ether oxygens (including phenoxy) is 1. The Kier molecular flexibility index (Phi) is 5.15. The van der Waals surface area contributed by atoms with E-state index in [1.54, 1.807) is 0 Å². The van der Waals surface area contributed by atoms with Crippen molar-refractivity contribution in [1.29, 1.82) is 0 Å². The molecule has 130 valence electrons. The van der Waals surface area contributed by atoms with Crippen LogP contribution in [0.15, 0.2) is 30.3 Å². The van der Waals surface area contributed by atoms with Gasteiger partial charge in [0.15, 0.2) is 0 Å². The monoisotopic (exact) mass is 353 g/mol. The number of carbonyl (C=O) groups is 1. The molecule has 2 N–H and O–H groups in total. The molecule has 0 bridgehead atoms. The minimum absolute atomic E-state index is 0.0177. The molecule has 0 fully saturated rings. The number of benzene rings is 1. The summed E-state index contributed by atoms with van der Waals surface area (Å²) in [5.41, 5.74) is 9.16. The van der Waals surface area contributed by atoms with Crippen LogP contribution in [0.4, 0.5) is 5.00 Å². The van der Waals surface area contributed by atoms with Crippen LogP contribution in [0.1, 0.15) is 52.5 Å². The molecule has 1 unspecified atom stereocenters. The fraction of sp³-hybridized carbons (Fsp3) is 0.381. The zero-order valence-electron chi connectivity index (χ0n) is 14.5. The first kappa shape index (κ1) is 17.6. The average Bonchev–Trinajstić information content (AvgIpc) is 2.95. The summed E-state index contributed by atoms with van der Waals surface area (Å²) in [6.45, 7) is 2.17. The van der Waals surface area contributed by atoms with E-state index < -0.39 is 0 Å². The molecule has 0 aliphatic heterocycles. The van der Waals surface area contributed by atoms with Gasteiger partial charge in [0.05, 0.1) is 12.2 Å². The second kappa shape index (κ2) is 7.33. The number of esters is 1. The van der Waals surface area contributed by atoms with Gasteiger partial charge in [-0.15, -0.1) is 23.7 Å². The van der Waals surface area contributed by atoms with E-state index in [0.717, 1.165) is 37.7 Å². The Morgan fingerprint density at radius 1 is 1.40 bits per heavy atom. The topological polar surface area (TPSA) is 52.3 Å². The largest absolute Gasteiger partial charge is 0.462 e. The second-order valence-corrected chi connectivity index (χ2v) is 7.63. The van der Waals surface area contributed by atoms with Gasteiger partial charge in [-0.2, -0.15) is 0 Å². The second-order valence-electron chi connectivity index (χ2n) is 6.49. The first-order chi connectivity index (χ1) is 12.1. The molecule has 1 aliphatic carbocycles. The van der Waals surface area contributed by atoms with Crippen molar-refractivity contribution in [3.05, 3.63) is 51.9 Å². The van der Waals surface area contributed by atoms with Crippen molar-refractivity contribution >= 4 is 22.3 Å². The maximum atomic E-state index is 12.3. The summed E-state index contributed by atoms with van der Waals surface area (Å²) in [6, 6.07) is 10.6. The lowest BCUT2D eigenvalue weighted by Gasteiger charge is -2.37. The molecule has 1 aliphatic rings. The summed E-state index contributed by atoms with van der Waals surface area (Å²) in [5, 5.41) is 0.573. The van der Waals surface area contributed by atoms with Crippen LogP contribution in [0.5, 0.6) is 0 Å². The van der Waals surface area contributed by atoms with Gasteiger partial charge in [0, 0.05) is 16.7 Å². The number of terminal acetylenes is 1. The van der Waals surface area contributed by atoms with Gasteiger partial charge in [0.2, 0.25) is 0 Å². The summed E-state index contributed by atoms with van der Waals surface area (Å²) in [7, 11) is 0. The van der Waals surface area contributed by atoms with Gasteiger partial charge in [-0.1, -0.05) is 30.3 Å². The maximum absolute atomic E-state index is 12.3. The zero-order valence-corrected chi connectivity index (χ0v) is 15.3. The SMILES string of the molecule is C#CCCC1(c2ccccc2)CCc2c(sc(N)c2C(=O)OCC)C1. The van der Waals surface area contributed by atoms with E-state index in [-0.39, 0.29) is 11.4 Å². The standard InChI is InChI=1S/C21H23NO2S/c1-3-5-12-21(15-9-7-6-8-10-15)13-11-16-17(14-21)25-19(22)18(16)20(23)24-4-2/h1,6-10H,4-5,11-14,22H2,2H3. The third-order valence-electron chi connectivity index (χ3n) is 5.08. The molecule has 25 heavy (non-hydrogen) atoms. The lowest BCUT2D eigenvalue weighted by molar-refractivity contribution is 0.0526. The number of hydrogen-bond donors (Lipinski definition) is 1. The Bertz CT molecular complexity index is 803. The molecule has 1 atom stereocenters. The summed E-state index contributed by atoms with van der Waals surface area (Å²) >= 11 is 1.53. The van der Waals surface area contributed by atoms with E-state index in [9.17, 15) is 4.79 Å². The van der Waals surface area contributed by atoms with Gasteiger partial charge >= 0.3 is 5.97 Å². The third kappa shape index (κ3) is 3.29. The molecule has 1 aromatic carbocycles. The fourth-order valence-electron chi connectivity index (χ4n) is 3.84. The molecule has 3 nitrogen and oxygen atoms in total. The number of carbonyl (C=O) groups excluding carboxylic acids is 1. The van der Waals surface area contributed by atoms with Gasteiger partial charge in [-0.25, -0.2) is 4.79 Å². The van der Waals surface area contributed by atoms with E-state index in [4.69, 9.17) is 16.9 Å². The smallest absolute Gasteiger partial charge is 0.341 e. The molecule has 0 amide bonds. The molecule has 1 aromatic heterocycles. The summed E-state index contributed by atoms with van der Waals surface area (Å²) in [6.07, 6.45) is 9.91. The first-order valence-corrected chi connectivity index (χ1v) is 9.49. The van der Waals surface area contributed by atoms with Crippen LogP contribution in [0.3, 0.4) is 0 Å². The van der Waals surface area contributed by atoms with E-state index in [1.165, 1.54) is 21.8 Å². The van der Waals surface area contributed by atoms with Gasteiger partial charge in [0.1, 0.15) is 5.00 Å². The lowest BCUT2D eigenvalue weighted by Crippen LogP contribution is -2.33. The number of rotatable bonds is 5. The Hall–Kier alpha value is -2.25. The number of nitrogen functional groups attached to an aromatic ring is 1. The van der Waals surface area contributed by atoms with Crippen molar-refractivity contribution in [3.63, 3.8) is 0 Å². The third-order valence-corrected chi connectivity index (χ3v) is 6.15. The van der Waals surface area contributed by atoms with Gasteiger partial charge in [0.25, 0.3) is 0 Å². The van der Waals surface area contributed by atoms with Crippen LogP contribution < -0.4 is 5.73 Å². The molecule has 1 heterocycles. The highest BCUT2D eigenvalue weighted by atomic mass is 32.1. The molecule has 0 saturated heterocycles. The van der Waals surface area contributed by atoms with Gasteiger partial charge in [-0.3, -0.25) is 0 Å². The fourth-order valence-corrected chi connectivity index (χ4v) is 5.08. The highest BCUT2D eigenvalue weighted by Crippen LogP contribution is 2.47. The molecule has 0 spiro atoms. The molecule has 0 radical (unpaired) electrons. The Morgan fingerprint density at radius 3 is 2.84 bits per heavy atom. The van der Waals surface area contributed by atoms with Gasteiger partial charge < -0.3 is 10.5 Å². The zero-order chi connectivity index (χ0) is 17.9. The summed E-state index contributed by atoms with van der Waals surface area (Å²) in [5.74, 6) is 2.49. The number of anilines is 1. The molecule has 2 aromatic rings. The van der Waals surface area contributed by atoms with Gasteiger partial charge in [-0.05, 0) is 43.7 Å². The number of thiophene rings is 1. The van der Waals surface area contributed by atoms with E-state index in [0.29, 0.717) is 17.2 Å². The predicted octanol–water partition coefficient (Wildman–Crippen LogP) is 4.35. The van der Waals surface area contributed by atoms with Crippen LogP contribution in [-0.2, 0) is 23.0 Å². The average molecular weight is 353 g/mol. The quantitative estimate of drug-likeness (QED) is 0.642. The molecule has 3 rings (SSSR count). The molecule has 0 saturated carbocycles. The van der Waals surface area contributed by atoms with Crippen LogP contribution in [0.25, 0.3) is 0 Å². The van der Waals surface area contributed by atoms with Crippen LogP contribution in [-0.4, -0.2) is 12.6 Å². The van der Waals surface area contributed by atoms with Crippen molar-refractivity contribution < 1.29 is 9.53 Å². The van der Waals surface area contributed by atoms with Crippen LogP contribution >= 0.6 is 11.3 Å². The lowest BCUT2D eigenvalue weighted by atomic mass is 9.67. The Morgan fingerprint density at radius 2 is 2.16 bits per heavy atom. The van der Waals surface area contributed by atoms with E-state index in [1.807, 2.05) is 13.0 Å². The first-order valence-electron chi connectivity index (χ1n) is 8.67. The van der Waals surface area contributed by atoms with Crippen LogP contribution in [0, 0.1) is 12.3 Å². The minimum atomic E-state index is -0.298. The summed E-state index contributed by atoms with van der Waals surface area (Å²) in [4.78, 5) is 13.5. The Labute approximate surface area is 153 Å². The number of fused-ring (bicyclic) bond motifs is 1. The summed E-state index contributed by atoms with van der Waals surface area (Å²) < 4.78 is 5.20. The van der Waals surface area contributed by atoms with Crippen molar-refractivity contribution in [3.8, 4) is 12.3 Å². The van der Waals surface area contributed by atoms with E-state index >= 15 is 0 Å². The van der Waals surface area contributed by atoms with Crippen molar-refractivity contribution in [2.24, 2.45) is 0 Å². The molecular formula is C21H23NO2S. The highest BCUT2D eigenvalue weighted by Gasteiger charge is 2.39. The van der Waals surface area contributed by atoms with Crippen molar-refractivity contribution in [2.45, 2.75) is 44.4 Å². The predicted molar refractivity (Wildman–Crippen MR) is 103 cm³/mol. The van der Waals surface area contributed by atoms with E-state index in [2.05, 4.69) is 30.2 Å². The highest BCUT2D eigenvalue weighted by molar-refractivity contribution is 7.16. The minimum Gasteiger partial charge on any atom is -0.462 e. The normalized spacial score (nSPS) is 19.0. The maximum Gasteiger partial charge on any atom is 0.341 e. The van der Waals surface area contributed by atoms with Crippen molar-refractivity contribution in [2.75, 3.05) is 12.3 Å². The number of nitrogens with two attached hydrogens (primary N) is 1. The molecular weight excluding hydrogens is 330 g/mol. The Balaban J connectivity index is 1.99. The van der Waals surface area contributed by atoms with Crippen LogP contribution in [0.2, 0.25) is 0 Å². The van der Waals surface area contributed by atoms with Crippen molar-refractivity contribution in [1.82, 2.24) is 0 Å². The number of hydrogen-bond acceptors (Lipinski definition) is 4. The molecule has 4 heteroatoms.